The average molecular weight is 426 g/mol. The fourth-order valence-corrected chi connectivity index (χ4v) is 3.90. The van der Waals surface area contributed by atoms with Gasteiger partial charge in [0.05, 0.1) is 39.4 Å². The van der Waals surface area contributed by atoms with Gasteiger partial charge in [-0.3, -0.25) is 9.59 Å². The lowest BCUT2D eigenvalue weighted by Gasteiger charge is -2.25. The molecule has 3 rings (SSSR count). The number of rotatable bonds is 7. The molecule has 7 nitrogen and oxygen atoms in total. The van der Waals surface area contributed by atoms with E-state index in [0.717, 1.165) is 12.1 Å². The van der Waals surface area contributed by atoms with E-state index in [4.69, 9.17) is 4.74 Å². The zero-order valence-corrected chi connectivity index (χ0v) is 18.3. The minimum Gasteiger partial charge on any atom is -0.508 e. The molecule has 0 saturated carbocycles. The van der Waals surface area contributed by atoms with E-state index in [1.807, 2.05) is 21.0 Å². The third kappa shape index (κ3) is 4.56. The number of phenolic OH excluding ortho intramolecular Hbond substituents is 1. The number of likely N-dealkylation sites (tertiary alicyclic amines) is 1. The van der Waals surface area contributed by atoms with E-state index < -0.39 is 17.7 Å². The molecule has 1 aliphatic heterocycles. The maximum Gasteiger partial charge on any atom is 0.295 e. The highest BCUT2D eigenvalue weighted by Crippen LogP contribution is 2.40. The van der Waals surface area contributed by atoms with Crippen molar-refractivity contribution in [2.45, 2.75) is 19.4 Å². The number of nitrogens with one attached hydrogen (secondary N) is 1. The zero-order valence-electron chi connectivity index (χ0n) is 18.3. The van der Waals surface area contributed by atoms with Crippen LogP contribution >= 0.6 is 0 Å². The van der Waals surface area contributed by atoms with Gasteiger partial charge < -0.3 is 24.7 Å². The summed E-state index contributed by atoms with van der Waals surface area (Å²) in [5, 5.41) is 20.8. The van der Waals surface area contributed by atoms with Gasteiger partial charge in [-0.2, -0.15) is 0 Å². The second-order valence-electron chi connectivity index (χ2n) is 8.08. The number of Topliss-reactive ketones (excluding diaryl/α,β-unsaturated/α-hetero) is 1. The molecule has 2 aromatic rings. The Bertz CT molecular complexity index is 1010. The van der Waals surface area contributed by atoms with Crippen molar-refractivity contribution in [1.82, 2.24) is 4.90 Å². The van der Waals surface area contributed by atoms with E-state index in [1.54, 1.807) is 37.4 Å². The molecule has 1 saturated heterocycles. The van der Waals surface area contributed by atoms with Crippen molar-refractivity contribution in [2.24, 2.45) is 0 Å². The first-order valence-corrected chi connectivity index (χ1v) is 10.3. The topological polar surface area (TPSA) is 91.5 Å². The number of aryl methyl sites for hydroxylation is 1. The van der Waals surface area contributed by atoms with E-state index in [-0.39, 0.29) is 17.1 Å². The Hall–Kier alpha value is -3.32. The maximum absolute atomic E-state index is 13.0. The van der Waals surface area contributed by atoms with Crippen molar-refractivity contribution in [2.75, 3.05) is 34.3 Å². The molecule has 0 spiro atoms. The zero-order chi connectivity index (χ0) is 22.7. The lowest BCUT2D eigenvalue weighted by atomic mass is 9.94. The molecule has 1 atom stereocenters. The number of aliphatic hydroxyl groups excluding tert-OH is 1. The Labute approximate surface area is 182 Å². The number of hydrogen-bond acceptors (Lipinski definition) is 5. The van der Waals surface area contributed by atoms with E-state index >= 15 is 0 Å². The summed E-state index contributed by atoms with van der Waals surface area (Å²) in [6.45, 7) is 3.07. The number of nitrogens with zero attached hydrogens (tertiary/aromatic N) is 1. The van der Waals surface area contributed by atoms with E-state index in [0.29, 0.717) is 29.8 Å². The van der Waals surface area contributed by atoms with Crippen molar-refractivity contribution < 1.29 is 29.4 Å². The van der Waals surface area contributed by atoms with E-state index in [1.165, 1.54) is 21.9 Å². The first-order chi connectivity index (χ1) is 14.7. The van der Waals surface area contributed by atoms with Gasteiger partial charge in [0.2, 0.25) is 0 Å². The molecule has 0 unspecified atom stereocenters. The SMILES string of the molecule is COc1ccc(C(O)=C2C(=O)C(=O)N(CCC[NH+](C)C)[C@H]2c2ccc(O)cc2)cc1C. The summed E-state index contributed by atoms with van der Waals surface area (Å²) < 4.78 is 5.27. The van der Waals surface area contributed by atoms with E-state index in [2.05, 4.69) is 0 Å². The largest absolute Gasteiger partial charge is 0.508 e. The molecule has 7 heteroatoms. The Kier molecular flexibility index (Phi) is 6.65. The van der Waals surface area contributed by atoms with Crippen LogP contribution in [0.25, 0.3) is 5.76 Å². The maximum atomic E-state index is 13.0. The van der Waals surface area contributed by atoms with Crippen LogP contribution in [-0.4, -0.2) is 61.1 Å². The van der Waals surface area contributed by atoms with E-state index in [9.17, 15) is 19.8 Å². The second-order valence-corrected chi connectivity index (χ2v) is 8.08. The Morgan fingerprint density at radius 2 is 1.81 bits per heavy atom. The lowest BCUT2D eigenvalue weighted by Crippen LogP contribution is -3.05. The van der Waals surface area contributed by atoms with Crippen LogP contribution in [0.5, 0.6) is 11.5 Å². The molecule has 0 aromatic heterocycles. The van der Waals surface area contributed by atoms with Crippen LogP contribution in [-0.2, 0) is 9.59 Å². The summed E-state index contributed by atoms with van der Waals surface area (Å²) in [4.78, 5) is 28.7. The van der Waals surface area contributed by atoms with Gasteiger partial charge >= 0.3 is 0 Å². The number of ketones is 1. The molecule has 0 bridgehead atoms. The summed E-state index contributed by atoms with van der Waals surface area (Å²) in [6, 6.07) is 10.7. The van der Waals surface area contributed by atoms with Crippen LogP contribution in [0.3, 0.4) is 0 Å². The third-order valence-corrected chi connectivity index (χ3v) is 5.49. The summed E-state index contributed by atoms with van der Waals surface area (Å²) >= 11 is 0. The van der Waals surface area contributed by atoms with Gasteiger partial charge in [0, 0.05) is 18.5 Å². The Morgan fingerprint density at radius 1 is 1.13 bits per heavy atom. The monoisotopic (exact) mass is 425 g/mol. The number of carbonyl (C=O) groups excluding carboxylic acids is 2. The molecule has 3 N–H and O–H groups in total. The number of phenols is 1. The van der Waals surface area contributed by atoms with Crippen molar-refractivity contribution >= 4 is 17.4 Å². The molecule has 31 heavy (non-hydrogen) atoms. The summed E-state index contributed by atoms with van der Waals surface area (Å²) in [7, 11) is 5.61. The van der Waals surface area contributed by atoms with Gasteiger partial charge in [-0.05, 0) is 48.4 Å². The normalized spacial score (nSPS) is 18.1. The highest BCUT2D eigenvalue weighted by atomic mass is 16.5. The van der Waals surface area contributed by atoms with Gasteiger partial charge in [0.1, 0.15) is 17.3 Å². The molecule has 1 fully saturated rings. The van der Waals surface area contributed by atoms with Gasteiger partial charge in [0.25, 0.3) is 11.7 Å². The number of carbonyl (C=O) groups is 2. The first-order valence-electron chi connectivity index (χ1n) is 10.3. The molecule has 0 radical (unpaired) electrons. The standard InChI is InChI=1S/C24H28N2O5/c1-15-14-17(8-11-19(15)31-4)22(28)20-21(16-6-9-18(27)10-7-16)26(24(30)23(20)29)13-5-12-25(2)3/h6-11,14,21,27-28H,5,12-13H2,1-4H3/p+1/t21-/m0/s1. The molecule has 1 amide bonds. The van der Waals surface area contributed by atoms with Crippen LogP contribution in [0.2, 0.25) is 0 Å². The number of ether oxygens (including phenoxy) is 1. The van der Waals surface area contributed by atoms with Crippen LogP contribution in [0.4, 0.5) is 0 Å². The van der Waals surface area contributed by atoms with Crippen LogP contribution in [0, 0.1) is 6.92 Å². The number of hydrogen-bond donors (Lipinski definition) is 3. The van der Waals surface area contributed by atoms with Gasteiger partial charge in [-0.1, -0.05) is 12.1 Å². The molecule has 1 aliphatic rings. The number of benzene rings is 2. The first kappa shape index (κ1) is 22.4. The average Bonchev–Trinajstić information content (AvgIpc) is 2.98. The molecule has 1 heterocycles. The fourth-order valence-electron chi connectivity index (χ4n) is 3.90. The van der Waals surface area contributed by atoms with Crippen molar-refractivity contribution in [3.05, 3.63) is 64.7 Å². The summed E-state index contributed by atoms with van der Waals surface area (Å²) in [6.07, 6.45) is 0.714. The number of quaternary nitrogens is 1. The van der Waals surface area contributed by atoms with Gasteiger partial charge in [0.15, 0.2) is 0 Å². The minimum absolute atomic E-state index is 0.0532. The van der Waals surface area contributed by atoms with Crippen LogP contribution in [0.15, 0.2) is 48.0 Å². The number of aliphatic hydroxyl groups is 1. The number of methoxy groups -OCH3 is 1. The predicted molar refractivity (Wildman–Crippen MR) is 117 cm³/mol. The summed E-state index contributed by atoms with van der Waals surface area (Å²) in [5.74, 6) is -0.802. The Morgan fingerprint density at radius 3 is 2.39 bits per heavy atom. The number of amides is 1. The fraction of sp³-hybridized carbons (Fsp3) is 0.333. The minimum atomic E-state index is -0.722. The van der Waals surface area contributed by atoms with Crippen molar-refractivity contribution in [3.63, 3.8) is 0 Å². The molecule has 164 valence electrons. The highest BCUT2D eigenvalue weighted by Gasteiger charge is 2.45. The van der Waals surface area contributed by atoms with Crippen molar-refractivity contribution in [3.8, 4) is 11.5 Å². The summed E-state index contributed by atoms with van der Waals surface area (Å²) in [5.41, 5.74) is 1.95. The molecular weight excluding hydrogens is 396 g/mol. The van der Waals surface area contributed by atoms with Crippen LogP contribution in [0.1, 0.15) is 29.2 Å². The van der Waals surface area contributed by atoms with Crippen LogP contribution < -0.4 is 9.64 Å². The predicted octanol–water partition coefficient (Wildman–Crippen LogP) is 1.67. The molecule has 2 aromatic carbocycles. The lowest BCUT2D eigenvalue weighted by molar-refractivity contribution is -0.858. The van der Waals surface area contributed by atoms with Gasteiger partial charge in [-0.25, -0.2) is 0 Å². The Balaban J connectivity index is 2.10. The second kappa shape index (κ2) is 9.22. The highest BCUT2D eigenvalue weighted by molar-refractivity contribution is 6.46. The number of aromatic hydroxyl groups is 1. The smallest absolute Gasteiger partial charge is 0.295 e. The quantitative estimate of drug-likeness (QED) is 0.357. The molecular formula is C24H29N2O5+. The third-order valence-electron chi connectivity index (χ3n) is 5.49. The molecule has 0 aliphatic carbocycles. The van der Waals surface area contributed by atoms with Gasteiger partial charge in [-0.15, -0.1) is 0 Å². The van der Waals surface area contributed by atoms with Crippen molar-refractivity contribution in [1.29, 1.82) is 0 Å².